The Morgan fingerprint density at radius 1 is 1.33 bits per heavy atom. The van der Waals surface area contributed by atoms with Crippen molar-refractivity contribution in [2.45, 2.75) is 31.1 Å². The van der Waals surface area contributed by atoms with Gasteiger partial charge >= 0.3 is 5.97 Å². The molecule has 15 heavy (non-hydrogen) atoms. The van der Waals surface area contributed by atoms with Crippen molar-refractivity contribution in [2.75, 3.05) is 5.75 Å². The monoisotopic (exact) mass is 224 g/mol. The van der Waals surface area contributed by atoms with E-state index in [4.69, 9.17) is 5.11 Å². The molecule has 1 aromatic carbocycles. The fraction of sp³-hybridized carbons (Fsp3) is 0.417. The van der Waals surface area contributed by atoms with E-state index in [1.807, 2.05) is 12.1 Å². The van der Waals surface area contributed by atoms with Gasteiger partial charge in [0.05, 0.1) is 0 Å². The average molecular weight is 224 g/mol. The zero-order valence-electron chi connectivity index (χ0n) is 8.90. The first kappa shape index (κ1) is 12.1. The van der Waals surface area contributed by atoms with Crippen molar-refractivity contribution in [2.24, 2.45) is 0 Å². The predicted octanol–water partition coefficient (Wildman–Crippen LogP) is 3.34. The molecule has 0 unspecified atom stereocenters. The van der Waals surface area contributed by atoms with Gasteiger partial charge in [0, 0.05) is 11.3 Å². The molecule has 3 heteroatoms. The second-order valence-corrected chi connectivity index (χ2v) is 4.60. The molecule has 0 amide bonds. The van der Waals surface area contributed by atoms with E-state index in [9.17, 15) is 4.79 Å². The molecule has 2 nitrogen and oxygen atoms in total. The van der Waals surface area contributed by atoms with E-state index < -0.39 is 5.97 Å². The summed E-state index contributed by atoms with van der Waals surface area (Å²) >= 11 is 1.81. The zero-order chi connectivity index (χ0) is 11.1. The number of benzene rings is 1. The number of aryl methyl sites for hydroxylation is 1. The molecule has 0 aliphatic carbocycles. The summed E-state index contributed by atoms with van der Waals surface area (Å²) in [5.41, 5.74) is 1.29. The molecule has 0 atom stereocenters. The predicted molar refractivity (Wildman–Crippen MR) is 63.4 cm³/mol. The van der Waals surface area contributed by atoms with Crippen LogP contribution in [0.15, 0.2) is 29.2 Å². The Balaban J connectivity index is 2.21. The maximum absolute atomic E-state index is 10.3. The molecule has 82 valence electrons. The maximum Gasteiger partial charge on any atom is 0.303 e. The quantitative estimate of drug-likeness (QED) is 0.595. The summed E-state index contributed by atoms with van der Waals surface area (Å²) < 4.78 is 0. The van der Waals surface area contributed by atoms with Crippen LogP contribution in [0.25, 0.3) is 0 Å². The van der Waals surface area contributed by atoms with Crippen LogP contribution in [0.3, 0.4) is 0 Å². The number of carbonyl (C=O) groups is 1. The fourth-order valence-corrected chi connectivity index (χ4v) is 2.32. The molecule has 0 heterocycles. The number of rotatable bonds is 6. The molecule has 0 aliphatic rings. The van der Waals surface area contributed by atoms with Crippen molar-refractivity contribution in [1.82, 2.24) is 0 Å². The third kappa shape index (κ3) is 4.88. The molecule has 0 saturated heterocycles. The number of carboxylic acid groups (broad SMARTS) is 1. The van der Waals surface area contributed by atoms with Gasteiger partial charge in [-0.15, -0.1) is 11.8 Å². The number of thioether (sulfide) groups is 1. The highest BCUT2D eigenvalue weighted by molar-refractivity contribution is 7.99. The van der Waals surface area contributed by atoms with Crippen molar-refractivity contribution in [3.63, 3.8) is 0 Å². The Hall–Kier alpha value is -0.960. The van der Waals surface area contributed by atoms with E-state index in [-0.39, 0.29) is 6.42 Å². The van der Waals surface area contributed by atoms with Gasteiger partial charge in [0.2, 0.25) is 0 Å². The molecule has 0 spiro atoms. The third-order valence-electron chi connectivity index (χ3n) is 2.14. The summed E-state index contributed by atoms with van der Waals surface area (Å²) in [4.78, 5) is 11.6. The van der Waals surface area contributed by atoms with Gasteiger partial charge in [-0.25, -0.2) is 0 Å². The Labute approximate surface area is 94.7 Å². The van der Waals surface area contributed by atoms with Gasteiger partial charge in [-0.05, 0) is 37.1 Å². The molecular formula is C12H16O2S. The smallest absolute Gasteiger partial charge is 0.303 e. The van der Waals surface area contributed by atoms with Crippen LogP contribution in [0.5, 0.6) is 0 Å². The highest BCUT2D eigenvalue weighted by Crippen LogP contribution is 2.22. The van der Waals surface area contributed by atoms with Gasteiger partial charge in [-0.3, -0.25) is 4.79 Å². The summed E-state index contributed by atoms with van der Waals surface area (Å²) in [6.45, 7) is 2.10. The molecule has 0 bridgehead atoms. The average Bonchev–Trinajstić information content (AvgIpc) is 2.20. The number of carboxylic acids is 1. The lowest BCUT2D eigenvalue weighted by Crippen LogP contribution is -1.94. The van der Waals surface area contributed by atoms with E-state index in [0.717, 1.165) is 18.6 Å². The summed E-state index contributed by atoms with van der Waals surface area (Å²) in [7, 11) is 0. The Morgan fingerprint density at radius 2 is 2.07 bits per heavy atom. The molecule has 1 N–H and O–H groups in total. The minimum atomic E-state index is -0.698. The topological polar surface area (TPSA) is 37.3 Å². The summed E-state index contributed by atoms with van der Waals surface area (Å²) in [5, 5.41) is 8.47. The first-order chi connectivity index (χ1) is 7.20. The van der Waals surface area contributed by atoms with Crippen molar-refractivity contribution in [1.29, 1.82) is 0 Å². The Morgan fingerprint density at radius 3 is 2.73 bits per heavy atom. The van der Waals surface area contributed by atoms with E-state index in [2.05, 4.69) is 19.1 Å². The molecule has 0 aromatic heterocycles. The van der Waals surface area contributed by atoms with Crippen LogP contribution in [0.1, 0.15) is 24.8 Å². The summed E-state index contributed by atoms with van der Waals surface area (Å²) in [6.07, 6.45) is 2.02. The van der Waals surface area contributed by atoms with Crippen LogP contribution < -0.4 is 0 Å². The van der Waals surface area contributed by atoms with Crippen LogP contribution in [-0.4, -0.2) is 16.8 Å². The SMILES string of the molecule is Cc1ccccc1SCCCCC(=O)O. The molecular weight excluding hydrogens is 208 g/mol. The van der Waals surface area contributed by atoms with Crippen molar-refractivity contribution < 1.29 is 9.90 Å². The first-order valence-corrected chi connectivity index (χ1v) is 6.09. The number of aliphatic carboxylic acids is 1. The van der Waals surface area contributed by atoms with E-state index in [1.165, 1.54) is 10.5 Å². The standard InChI is InChI=1S/C12H16O2S/c1-10-6-2-3-7-11(10)15-9-5-4-8-12(13)14/h2-3,6-7H,4-5,8-9H2,1H3,(H,13,14). The van der Waals surface area contributed by atoms with Crippen LogP contribution in [0.4, 0.5) is 0 Å². The molecule has 1 rings (SSSR count). The Bertz CT molecular complexity index is 323. The lowest BCUT2D eigenvalue weighted by molar-refractivity contribution is -0.137. The fourth-order valence-electron chi connectivity index (χ4n) is 1.28. The minimum absolute atomic E-state index is 0.286. The van der Waals surface area contributed by atoms with Crippen LogP contribution in [-0.2, 0) is 4.79 Å². The number of hydrogen-bond donors (Lipinski definition) is 1. The van der Waals surface area contributed by atoms with E-state index in [0.29, 0.717) is 0 Å². The van der Waals surface area contributed by atoms with Crippen molar-refractivity contribution in [3.05, 3.63) is 29.8 Å². The van der Waals surface area contributed by atoms with Gasteiger partial charge < -0.3 is 5.11 Å². The van der Waals surface area contributed by atoms with Crippen LogP contribution in [0, 0.1) is 6.92 Å². The van der Waals surface area contributed by atoms with E-state index in [1.54, 1.807) is 11.8 Å². The molecule has 0 radical (unpaired) electrons. The molecule has 0 aliphatic heterocycles. The van der Waals surface area contributed by atoms with Crippen LogP contribution in [0.2, 0.25) is 0 Å². The number of hydrogen-bond acceptors (Lipinski definition) is 2. The molecule has 1 aromatic rings. The van der Waals surface area contributed by atoms with Gasteiger partial charge in [0.25, 0.3) is 0 Å². The van der Waals surface area contributed by atoms with Crippen molar-refractivity contribution in [3.8, 4) is 0 Å². The van der Waals surface area contributed by atoms with Gasteiger partial charge in [-0.2, -0.15) is 0 Å². The lowest BCUT2D eigenvalue weighted by Gasteiger charge is -2.04. The van der Waals surface area contributed by atoms with Gasteiger partial charge in [0.15, 0.2) is 0 Å². The van der Waals surface area contributed by atoms with E-state index >= 15 is 0 Å². The summed E-state index contributed by atoms with van der Waals surface area (Å²) in [6, 6.07) is 8.27. The second-order valence-electron chi connectivity index (χ2n) is 3.46. The first-order valence-electron chi connectivity index (χ1n) is 5.10. The summed E-state index contributed by atoms with van der Waals surface area (Å²) in [5.74, 6) is 0.300. The largest absolute Gasteiger partial charge is 0.481 e. The highest BCUT2D eigenvalue weighted by Gasteiger charge is 1.99. The molecule has 0 saturated carbocycles. The molecule has 0 fully saturated rings. The number of unbranched alkanes of at least 4 members (excludes halogenated alkanes) is 1. The minimum Gasteiger partial charge on any atom is -0.481 e. The van der Waals surface area contributed by atoms with Gasteiger partial charge in [-0.1, -0.05) is 18.2 Å². The maximum atomic E-state index is 10.3. The van der Waals surface area contributed by atoms with Gasteiger partial charge in [0.1, 0.15) is 0 Å². The normalized spacial score (nSPS) is 10.2. The third-order valence-corrected chi connectivity index (χ3v) is 3.40. The Kier molecular flexibility index (Phi) is 5.26. The highest BCUT2D eigenvalue weighted by atomic mass is 32.2. The van der Waals surface area contributed by atoms with Crippen LogP contribution >= 0.6 is 11.8 Å². The second kappa shape index (κ2) is 6.51. The van der Waals surface area contributed by atoms with Crippen molar-refractivity contribution >= 4 is 17.7 Å². The lowest BCUT2D eigenvalue weighted by atomic mass is 10.2. The zero-order valence-corrected chi connectivity index (χ0v) is 9.72.